The molecule has 0 aromatic heterocycles. The highest BCUT2D eigenvalue weighted by molar-refractivity contribution is 6.30. The standard InChI is InChI=1S/C13H11ClF3NO/c1-8-7-18(12(19)13(15,16)17)5-4-9-2-3-10(14)6-11(8)9/h2-3,6H,1,4-5,7H2. The summed E-state index contributed by atoms with van der Waals surface area (Å²) in [6.07, 6.45) is -4.50. The number of hydrogen-bond donors (Lipinski definition) is 0. The minimum absolute atomic E-state index is 0.0198. The number of carbonyl (C=O) groups excluding carboxylic acids is 1. The minimum Gasteiger partial charge on any atom is -0.330 e. The van der Waals surface area contributed by atoms with Gasteiger partial charge in [-0.25, -0.2) is 0 Å². The third kappa shape index (κ3) is 2.92. The van der Waals surface area contributed by atoms with Gasteiger partial charge in [0.25, 0.3) is 0 Å². The van der Waals surface area contributed by atoms with Crippen molar-refractivity contribution in [3.05, 3.63) is 40.9 Å². The van der Waals surface area contributed by atoms with Gasteiger partial charge in [-0.15, -0.1) is 0 Å². The highest BCUT2D eigenvalue weighted by Gasteiger charge is 2.42. The third-order valence-corrected chi connectivity index (χ3v) is 3.25. The molecule has 1 aromatic carbocycles. The molecule has 0 atom stereocenters. The van der Waals surface area contributed by atoms with Crippen LogP contribution in [0.2, 0.25) is 5.02 Å². The number of halogens is 4. The second-order valence-electron chi connectivity index (χ2n) is 4.38. The quantitative estimate of drug-likeness (QED) is 0.717. The van der Waals surface area contributed by atoms with Crippen molar-refractivity contribution in [2.45, 2.75) is 12.6 Å². The molecule has 1 heterocycles. The Kier molecular flexibility index (Phi) is 3.58. The van der Waals surface area contributed by atoms with E-state index in [0.29, 0.717) is 17.0 Å². The first kappa shape index (κ1) is 13.9. The molecule has 1 aliphatic rings. The number of fused-ring (bicyclic) bond motifs is 1. The van der Waals surface area contributed by atoms with Crippen molar-refractivity contribution in [3.63, 3.8) is 0 Å². The molecule has 0 N–H and O–H groups in total. The van der Waals surface area contributed by atoms with Crippen molar-refractivity contribution in [2.24, 2.45) is 0 Å². The van der Waals surface area contributed by atoms with Gasteiger partial charge in [-0.1, -0.05) is 24.2 Å². The van der Waals surface area contributed by atoms with E-state index in [1.165, 1.54) is 0 Å². The SMILES string of the molecule is C=C1CN(C(=O)C(F)(F)F)CCc2ccc(Cl)cc21. The lowest BCUT2D eigenvalue weighted by atomic mass is 10.0. The zero-order chi connectivity index (χ0) is 14.2. The summed E-state index contributed by atoms with van der Waals surface area (Å²) >= 11 is 5.87. The van der Waals surface area contributed by atoms with Crippen LogP contribution in [0.3, 0.4) is 0 Å². The predicted molar refractivity (Wildman–Crippen MR) is 66.8 cm³/mol. The molecule has 1 aromatic rings. The van der Waals surface area contributed by atoms with E-state index in [1.54, 1.807) is 18.2 Å². The van der Waals surface area contributed by atoms with Gasteiger partial charge in [0.1, 0.15) is 0 Å². The molecule has 0 bridgehead atoms. The van der Waals surface area contributed by atoms with Crippen LogP contribution >= 0.6 is 11.6 Å². The van der Waals surface area contributed by atoms with Gasteiger partial charge in [0.2, 0.25) is 0 Å². The van der Waals surface area contributed by atoms with Crippen LogP contribution in [-0.4, -0.2) is 30.1 Å². The summed E-state index contributed by atoms with van der Waals surface area (Å²) in [5, 5.41) is 0.496. The van der Waals surface area contributed by atoms with Crippen LogP contribution in [0.1, 0.15) is 11.1 Å². The number of nitrogens with zero attached hydrogens (tertiary/aromatic N) is 1. The Morgan fingerprint density at radius 1 is 1.37 bits per heavy atom. The van der Waals surface area contributed by atoms with Crippen LogP contribution in [0.25, 0.3) is 5.57 Å². The second-order valence-corrected chi connectivity index (χ2v) is 4.82. The maximum absolute atomic E-state index is 12.4. The summed E-state index contributed by atoms with van der Waals surface area (Å²) in [5.41, 5.74) is 2.05. The average Bonchev–Trinajstić information content (AvgIpc) is 2.47. The monoisotopic (exact) mass is 289 g/mol. The largest absolute Gasteiger partial charge is 0.471 e. The Morgan fingerprint density at radius 3 is 2.68 bits per heavy atom. The number of benzene rings is 1. The van der Waals surface area contributed by atoms with Crippen molar-refractivity contribution < 1.29 is 18.0 Å². The number of amides is 1. The van der Waals surface area contributed by atoms with E-state index >= 15 is 0 Å². The van der Waals surface area contributed by atoms with Crippen molar-refractivity contribution in [3.8, 4) is 0 Å². The zero-order valence-corrected chi connectivity index (χ0v) is 10.7. The predicted octanol–water partition coefficient (Wildman–Crippen LogP) is 3.30. The summed E-state index contributed by atoms with van der Waals surface area (Å²) in [7, 11) is 0. The van der Waals surface area contributed by atoms with E-state index in [9.17, 15) is 18.0 Å². The number of alkyl halides is 3. The molecule has 0 radical (unpaired) electrons. The summed E-state index contributed by atoms with van der Waals surface area (Å²) in [6, 6.07) is 5.10. The number of rotatable bonds is 0. The molecule has 19 heavy (non-hydrogen) atoms. The lowest BCUT2D eigenvalue weighted by Gasteiger charge is -2.21. The van der Waals surface area contributed by atoms with Crippen LogP contribution in [0.4, 0.5) is 13.2 Å². The van der Waals surface area contributed by atoms with E-state index < -0.39 is 12.1 Å². The smallest absolute Gasteiger partial charge is 0.330 e. The molecule has 102 valence electrons. The third-order valence-electron chi connectivity index (χ3n) is 3.02. The minimum atomic E-state index is -4.85. The van der Waals surface area contributed by atoms with Crippen LogP contribution in [0.15, 0.2) is 24.8 Å². The first-order chi connectivity index (χ1) is 8.79. The van der Waals surface area contributed by atoms with Crippen molar-refractivity contribution in [2.75, 3.05) is 13.1 Å². The summed E-state index contributed by atoms with van der Waals surface area (Å²) in [6.45, 7) is 3.64. The van der Waals surface area contributed by atoms with E-state index in [0.717, 1.165) is 16.0 Å². The normalized spacial score (nSPS) is 16.0. The highest BCUT2D eigenvalue weighted by atomic mass is 35.5. The Morgan fingerprint density at radius 2 is 2.05 bits per heavy atom. The Balaban J connectivity index is 2.28. The van der Waals surface area contributed by atoms with Gasteiger partial charge in [-0.05, 0) is 35.3 Å². The molecule has 0 unspecified atom stereocenters. The molecule has 2 nitrogen and oxygen atoms in total. The molecular formula is C13H11ClF3NO. The first-order valence-electron chi connectivity index (χ1n) is 5.61. The number of carbonyl (C=O) groups is 1. The van der Waals surface area contributed by atoms with Crippen molar-refractivity contribution in [1.29, 1.82) is 0 Å². The summed E-state index contributed by atoms with van der Waals surface area (Å²) in [4.78, 5) is 12.0. The lowest BCUT2D eigenvalue weighted by Crippen LogP contribution is -2.42. The lowest BCUT2D eigenvalue weighted by molar-refractivity contribution is -0.184. The van der Waals surface area contributed by atoms with Crippen LogP contribution in [-0.2, 0) is 11.2 Å². The molecule has 1 aliphatic heterocycles. The molecule has 0 saturated heterocycles. The molecule has 6 heteroatoms. The summed E-state index contributed by atoms with van der Waals surface area (Å²) < 4.78 is 37.3. The van der Waals surface area contributed by atoms with E-state index in [-0.39, 0.29) is 13.1 Å². The van der Waals surface area contributed by atoms with Crippen LogP contribution in [0, 0.1) is 0 Å². The Bertz CT molecular complexity index is 539. The second kappa shape index (κ2) is 4.89. The fourth-order valence-electron chi connectivity index (χ4n) is 2.10. The highest BCUT2D eigenvalue weighted by Crippen LogP contribution is 2.28. The molecule has 0 spiro atoms. The van der Waals surface area contributed by atoms with E-state index in [1.807, 2.05) is 0 Å². The fraction of sp³-hybridized carbons (Fsp3) is 0.308. The maximum atomic E-state index is 12.4. The zero-order valence-electron chi connectivity index (χ0n) is 9.93. The molecule has 0 fully saturated rings. The molecule has 1 amide bonds. The Labute approximate surface area is 113 Å². The van der Waals surface area contributed by atoms with E-state index in [2.05, 4.69) is 6.58 Å². The topological polar surface area (TPSA) is 20.3 Å². The first-order valence-corrected chi connectivity index (χ1v) is 5.99. The van der Waals surface area contributed by atoms with Gasteiger partial charge >= 0.3 is 12.1 Å². The van der Waals surface area contributed by atoms with Crippen molar-refractivity contribution >= 4 is 23.1 Å². The molecule has 0 saturated carbocycles. The molecule has 2 rings (SSSR count). The van der Waals surface area contributed by atoms with Gasteiger partial charge < -0.3 is 4.90 Å². The van der Waals surface area contributed by atoms with Gasteiger partial charge in [0.05, 0.1) is 0 Å². The van der Waals surface area contributed by atoms with Gasteiger partial charge in [-0.2, -0.15) is 13.2 Å². The summed E-state index contributed by atoms with van der Waals surface area (Å²) in [5.74, 6) is -1.83. The maximum Gasteiger partial charge on any atom is 0.471 e. The van der Waals surface area contributed by atoms with Gasteiger partial charge in [0.15, 0.2) is 0 Å². The molecular weight excluding hydrogens is 279 g/mol. The van der Waals surface area contributed by atoms with Crippen LogP contribution < -0.4 is 0 Å². The van der Waals surface area contributed by atoms with Gasteiger partial charge in [-0.3, -0.25) is 4.79 Å². The Hall–Kier alpha value is -1.49. The molecule has 0 aliphatic carbocycles. The fourth-order valence-corrected chi connectivity index (χ4v) is 2.27. The van der Waals surface area contributed by atoms with Crippen LogP contribution in [0.5, 0.6) is 0 Å². The average molecular weight is 290 g/mol. The van der Waals surface area contributed by atoms with E-state index in [4.69, 9.17) is 11.6 Å². The van der Waals surface area contributed by atoms with Crippen molar-refractivity contribution in [1.82, 2.24) is 4.90 Å². The van der Waals surface area contributed by atoms with Gasteiger partial charge in [0, 0.05) is 18.1 Å². The number of hydrogen-bond acceptors (Lipinski definition) is 1.